The Balaban J connectivity index is 1.55. The van der Waals surface area contributed by atoms with Crippen LogP contribution >= 0.6 is 27.3 Å². The highest BCUT2D eigenvalue weighted by molar-refractivity contribution is 9.11. The number of imide groups is 1. The summed E-state index contributed by atoms with van der Waals surface area (Å²) in [5, 5.41) is 0. The Bertz CT molecular complexity index is 1180. The van der Waals surface area contributed by atoms with Crippen molar-refractivity contribution in [2.45, 2.75) is 6.54 Å². The topological polar surface area (TPSA) is 55.8 Å². The predicted molar refractivity (Wildman–Crippen MR) is 114 cm³/mol. The van der Waals surface area contributed by atoms with E-state index in [1.54, 1.807) is 12.1 Å². The van der Waals surface area contributed by atoms with Crippen LogP contribution in [-0.4, -0.2) is 23.5 Å². The zero-order valence-corrected chi connectivity index (χ0v) is 17.5. The lowest BCUT2D eigenvalue weighted by atomic mass is 9.92. The van der Waals surface area contributed by atoms with Gasteiger partial charge < -0.3 is 9.47 Å². The van der Waals surface area contributed by atoms with Crippen LogP contribution in [-0.2, 0) is 11.3 Å². The van der Waals surface area contributed by atoms with Crippen molar-refractivity contribution < 1.29 is 19.1 Å². The standard InChI is InChI=1S/C22H14BrNO4S/c23-20-8-6-14(29-20)10-17-15-3-1-2-4-16(15)21(25)24(22(17)26)11-13-5-7-18-19(9-13)28-12-27-18/h1-10H,11-12H2/b17-10-. The van der Waals surface area contributed by atoms with Crippen LogP contribution in [0.5, 0.6) is 11.5 Å². The Morgan fingerprint density at radius 3 is 2.55 bits per heavy atom. The average molecular weight is 468 g/mol. The van der Waals surface area contributed by atoms with Crippen LogP contribution in [0.2, 0.25) is 0 Å². The molecule has 0 N–H and O–H groups in total. The monoisotopic (exact) mass is 467 g/mol. The first-order valence-electron chi connectivity index (χ1n) is 8.91. The molecule has 3 aromatic rings. The summed E-state index contributed by atoms with van der Waals surface area (Å²) in [5.41, 5.74) is 2.49. The molecule has 0 radical (unpaired) electrons. The van der Waals surface area contributed by atoms with Crippen LogP contribution < -0.4 is 9.47 Å². The minimum atomic E-state index is -0.309. The fourth-order valence-electron chi connectivity index (χ4n) is 3.46. The molecule has 0 saturated heterocycles. The van der Waals surface area contributed by atoms with Gasteiger partial charge in [0.1, 0.15) is 0 Å². The lowest BCUT2D eigenvalue weighted by Crippen LogP contribution is -2.41. The van der Waals surface area contributed by atoms with Gasteiger partial charge in [0.05, 0.1) is 10.3 Å². The molecule has 2 aliphatic heterocycles. The van der Waals surface area contributed by atoms with Crippen LogP contribution in [0, 0.1) is 0 Å². The molecule has 2 amide bonds. The molecule has 0 bridgehead atoms. The maximum Gasteiger partial charge on any atom is 0.261 e. The number of fused-ring (bicyclic) bond motifs is 2. The molecule has 0 atom stereocenters. The molecular weight excluding hydrogens is 454 g/mol. The third-order valence-corrected chi connectivity index (χ3v) is 6.40. The lowest BCUT2D eigenvalue weighted by Gasteiger charge is -2.28. The maximum atomic E-state index is 13.3. The highest BCUT2D eigenvalue weighted by Gasteiger charge is 2.35. The molecule has 2 aliphatic rings. The second-order valence-electron chi connectivity index (χ2n) is 6.63. The zero-order valence-electron chi connectivity index (χ0n) is 15.1. The highest BCUT2D eigenvalue weighted by Crippen LogP contribution is 2.36. The largest absolute Gasteiger partial charge is 0.454 e. The van der Waals surface area contributed by atoms with E-state index in [1.165, 1.54) is 16.2 Å². The van der Waals surface area contributed by atoms with Gasteiger partial charge in [-0.25, -0.2) is 0 Å². The molecule has 0 saturated carbocycles. The number of ether oxygens (including phenoxy) is 2. The minimum Gasteiger partial charge on any atom is -0.454 e. The third-order valence-electron chi connectivity index (χ3n) is 4.83. The van der Waals surface area contributed by atoms with E-state index in [1.807, 2.05) is 48.5 Å². The number of thiophene rings is 1. The van der Waals surface area contributed by atoms with Crippen LogP contribution in [0.1, 0.15) is 26.4 Å². The maximum absolute atomic E-state index is 13.3. The fourth-order valence-corrected chi connectivity index (χ4v) is 4.82. The summed E-state index contributed by atoms with van der Waals surface area (Å²) < 4.78 is 11.7. The van der Waals surface area contributed by atoms with Crippen LogP contribution in [0.3, 0.4) is 0 Å². The van der Waals surface area contributed by atoms with Gasteiger partial charge in [-0.15, -0.1) is 11.3 Å². The molecule has 5 rings (SSSR count). The average Bonchev–Trinajstić information content (AvgIpc) is 3.36. The van der Waals surface area contributed by atoms with Crippen LogP contribution in [0.4, 0.5) is 0 Å². The first-order chi connectivity index (χ1) is 14.1. The van der Waals surface area contributed by atoms with E-state index in [-0.39, 0.29) is 25.2 Å². The van der Waals surface area contributed by atoms with Gasteiger partial charge in [-0.05, 0) is 63.5 Å². The summed E-state index contributed by atoms with van der Waals surface area (Å²) in [6.45, 7) is 0.338. The number of nitrogens with zero attached hydrogens (tertiary/aromatic N) is 1. The quantitative estimate of drug-likeness (QED) is 0.403. The van der Waals surface area contributed by atoms with Crippen molar-refractivity contribution in [2.75, 3.05) is 6.79 Å². The summed E-state index contributed by atoms with van der Waals surface area (Å²) in [5.74, 6) is 0.682. The molecule has 0 unspecified atom stereocenters. The molecule has 3 heterocycles. The van der Waals surface area contributed by atoms with Crippen molar-refractivity contribution in [3.63, 3.8) is 0 Å². The molecule has 0 spiro atoms. The molecule has 0 fully saturated rings. The molecule has 144 valence electrons. The van der Waals surface area contributed by atoms with Gasteiger partial charge in [-0.3, -0.25) is 14.5 Å². The number of carbonyl (C=O) groups is 2. The lowest BCUT2D eigenvalue weighted by molar-refractivity contribution is -0.123. The van der Waals surface area contributed by atoms with E-state index in [9.17, 15) is 9.59 Å². The van der Waals surface area contributed by atoms with Crippen molar-refractivity contribution in [3.8, 4) is 11.5 Å². The second-order valence-corrected chi connectivity index (χ2v) is 9.12. The van der Waals surface area contributed by atoms with E-state index in [4.69, 9.17) is 9.47 Å². The SMILES string of the molecule is O=C1/C(=C\c2ccc(Br)s2)c2ccccc2C(=O)N1Cc1ccc2c(c1)OCO2. The first kappa shape index (κ1) is 18.1. The number of carbonyl (C=O) groups excluding carboxylic acids is 2. The third kappa shape index (κ3) is 3.26. The summed E-state index contributed by atoms with van der Waals surface area (Å²) in [4.78, 5) is 28.6. The van der Waals surface area contributed by atoms with Crippen molar-refractivity contribution in [2.24, 2.45) is 0 Å². The van der Waals surface area contributed by atoms with Gasteiger partial charge in [0.25, 0.3) is 11.8 Å². The number of amides is 2. The Morgan fingerprint density at radius 2 is 1.76 bits per heavy atom. The first-order valence-corrected chi connectivity index (χ1v) is 10.5. The Kier molecular flexibility index (Phi) is 4.49. The van der Waals surface area contributed by atoms with E-state index < -0.39 is 0 Å². The Labute approximate surface area is 179 Å². The smallest absolute Gasteiger partial charge is 0.261 e. The molecule has 5 nitrogen and oxygen atoms in total. The van der Waals surface area contributed by atoms with E-state index in [0.717, 1.165) is 14.2 Å². The van der Waals surface area contributed by atoms with Gasteiger partial charge in [0.2, 0.25) is 6.79 Å². The molecule has 0 aliphatic carbocycles. The molecule has 2 aromatic carbocycles. The van der Waals surface area contributed by atoms with E-state index >= 15 is 0 Å². The zero-order chi connectivity index (χ0) is 20.0. The minimum absolute atomic E-state index is 0.161. The van der Waals surface area contributed by atoms with Crippen LogP contribution in [0.15, 0.2) is 58.4 Å². The summed E-state index contributed by atoms with van der Waals surface area (Å²) in [6.07, 6.45) is 1.84. The summed E-state index contributed by atoms with van der Waals surface area (Å²) >= 11 is 4.98. The van der Waals surface area contributed by atoms with Gasteiger partial charge in [-0.1, -0.05) is 24.3 Å². The Hall–Kier alpha value is -2.90. The van der Waals surface area contributed by atoms with Gasteiger partial charge in [0, 0.05) is 16.0 Å². The summed E-state index contributed by atoms with van der Waals surface area (Å²) in [7, 11) is 0. The van der Waals surface area contributed by atoms with Gasteiger partial charge >= 0.3 is 0 Å². The van der Waals surface area contributed by atoms with Crippen molar-refractivity contribution in [1.82, 2.24) is 4.90 Å². The highest BCUT2D eigenvalue weighted by atomic mass is 79.9. The van der Waals surface area contributed by atoms with Crippen molar-refractivity contribution in [1.29, 1.82) is 0 Å². The number of halogens is 1. The number of benzene rings is 2. The Morgan fingerprint density at radius 1 is 0.966 bits per heavy atom. The van der Waals surface area contributed by atoms with Crippen LogP contribution in [0.25, 0.3) is 11.6 Å². The fraction of sp³-hybridized carbons (Fsp3) is 0.0909. The number of hydrogen-bond donors (Lipinski definition) is 0. The molecule has 1 aromatic heterocycles. The van der Waals surface area contributed by atoms with E-state index in [2.05, 4.69) is 15.9 Å². The molecular formula is C22H14BrNO4S. The van der Waals surface area contributed by atoms with Gasteiger partial charge in [-0.2, -0.15) is 0 Å². The predicted octanol–water partition coefficient (Wildman–Crippen LogP) is 4.96. The molecule has 29 heavy (non-hydrogen) atoms. The second kappa shape index (κ2) is 7.17. The summed E-state index contributed by atoms with van der Waals surface area (Å²) in [6, 6.07) is 16.5. The molecule has 7 heteroatoms. The normalized spacial score (nSPS) is 16.4. The van der Waals surface area contributed by atoms with Crippen molar-refractivity contribution >= 4 is 50.7 Å². The number of hydrogen-bond acceptors (Lipinski definition) is 5. The van der Waals surface area contributed by atoms with Crippen molar-refractivity contribution in [3.05, 3.63) is 80.0 Å². The van der Waals surface area contributed by atoms with Gasteiger partial charge in [0.15, 0.2) is 11.5 Å². The number of rotatable bonds is 3. The van der Waals surface area contributed by atoms with E-state index in [0.29, 0.717) is 28.2 Å².